The quantitative estimate of drug-likeness (QED) is 0.662. The Morgan fingerprint density at radius 2 is 2.06 bits per heavy atom. The van der Waals surface area contributed by atoms with Crippen LogP contribution in [-0.4, -0.2) is 16.8 Å². The lowest BCUT2D eigenvalue weighted by Crippen LogP contribution is -2.27. The minimum Gasteiger partial charge on any atom is -0.195 e. The van der Waals surface area contributed by atoms with E-state index in [0.29, 0.717) is 0 Å². The molecule has 0 radical (unpaired) electrons. The summed E-state index contributed by atoms with van der Waals surface area (Å²) in [6.45, 7) is 13.9. The highest BCUT2D eigenvalue weighted by Gasteiger charge is 2.43. The third-order valence-electron chi connectivity index (χ3n) is 3.56. The van der Waals surface area contributed by atoms with Crippen molar-refractivity contribution in [3.05, 3.63) is 42.0 Å². The van der Waals surface area contributed by atoms with E-state index in [9.17, 15) is 0 Å². The number of rotatable bonds is 2. The molecule has 1 heterocycles. The van der Waals surface area contributed by atoms with Gasteiger partial charge in [0.05, 0.1) is 5.41 Å². The normalized spacial score (nSPS) is 17.5. The van der Waals surface area contributed by atoms with Crippen LogP contribution in [0.5, 0.6) is 0 Å². The maximum atomic E-state index is 3.96. The highest BCUT2D eigenvalue weighted by atomic mass is 15.0. The van der Waals surface area contributed by atoms with Gasteiger partial charge in [-0.3, -0.25) is 0 Å². The third kappa shape index (κ3) is 1.35. The summed E-state index contributed by atoms with van der Waals surface area (Å²) in [4.78, 5) is 0. The van der Waals surface area contributed by atoms with Gasteiger partial charge in [-0.25, -0.2) is 0 Å². The van der Waals surface area contributed by atoms with Crippen LogP contribution in [0.1, 0.15) is 31.9 Å². The molecule has 2 rings (SSSR count). The molecule has 1 heteroatoms. The predicted molar refractivity (Wildman–Crippen MR) is 69.9 cm³/mol. The van der Waals surface area contributed by atoms with Crippen LogP contribution >= 0.6 is 0 Å². The summed E-state index contributed by atoms with van der Waals surface area (Å²) in [6.07, 6.45) is 2.00. The molecule has 1 aliphatic rings. The van der Waals surface area contributed by atoms with Crippen molar-refractivity contribution in [3.8, 4) is 0 Å². The minimum absolute atomic E-state index is 0.0825. The first-order valence-corrected chi connectivity index (χ1v) is 5.91. The second kappa shape index (κ2) is 3.58. The molecular formula is C15H20N+. The van der Waals surface area contributed by atoms with Crippen LogP contribution in [0.15, 0.2) is 30.9 Å². The SMILES string of the molecule is C=CC1=[N+](CC)c2ccc(C)cc2C1(C)C. The molecule has 1 aromatic carbocycles. The Morgan fingerprint density at radius 3 is 2.62 bits per heavy atom. The van der Waals surface area contributed by atoms with Crippen molar-refractivity contribution in [1.29, 1.82) is 0 Å². The van der Waals surface area contributed by atoms with Crippen LogP contribution in [0.4, 0.5) is 5.69 Å². The number of allylic oxidation sites excluding steroid dienone is 1. The average molecular weight is 214 g/mol. The molecule has 0 unspecified atom stereocenters. The molecular weight excluding hydrogens is 194 g/mol. The van der Waals surface area contributed by atoms with Gasteiger partial charge in [-0.15, -0.1) is 0 Å². The van der Waals surface area contributed by atoms with E-state index in [1.807, 2.05) is 6.08 Å². The molecule has 0 saturated carbocycles. The van der Waals surface area contributed by atoms with Gasteiger partial charge in [0, 0.05) is 11.6 Å². The van der Waals surface area contributed by atoms with Gasteiger partial charge in [0.1, 0.15) is 6.54 Å². The fraction of sp³-hybridized carbons (Fsp3) is 0.400. The topological polar surface area (TPSA) is 3.01 Å². The second-order valence-corrected chi connectivity index (χ2v) is 4.98. The molecule has 16 heavy (non-hydrogen) atoms. The van der Waals surface area contributed by atoms with E-state index in [1.54, 1.807) is 0 Å². The van der Waals surface area contributed by atoms with Gasteiger partial charge in [0.15, 0.2) is 5.71 Å². The maximum Gasteiger partial charge on any atom is 0.209 e. The standard InChI is InChI=1S/C15H20N/c1-6-14-15(4,5)12-10-11(3)8-9-13(12)16(14)7-2/h6,8-10H,1,7H2,2-5H3/q+1. The van der Waals surface area contributed by atoms with E-state index in [0.717, 1.165) is 6.54 Å². The lowest BCUT2D eigenvalue weighted by atomic mass is 9.81. The lowest BCUT2D eigenvalue weighted by molar-refractivity contribution is -0.433. The van der Waals surface area contributed by atoms with Crippen LogP contribution in [0.25, 0.3) is 0 Å². The van der Waals surface area contributed by atoms with E-state index in [4.69, 9.17) is 0 Å². The summed E-state index contributed by atoms with van der Waals surface area (Å²) in [7, 11) is 0. The molecule has 0 fully saturated rings. The van der Waals surface area contributed by atoms with Crippen LogP contribution < -0.4 is 0 Å². The van der Waals surface area contributed by atoms with E-state index >= 15 is 0 Å². The van der Waals surface area contributed by atoms with Crippen LogP contribution in [0.3, 0.4) is 0 Å². The highest BCUT2D eigenvalue weighted by molar-refractivity contribution is 6.02. The first kappa shape index (κ1) is 11.1. The van der Waals surface area contributed by atoms with Crippen molar-refractivity contribution in [2.75, 3.05) is 6.54 Å². The van der Waals surface area contributed by atoms with Crippen LogP contribution in [-0.2, 0) is 5.41 Å². The number of nitrogens with zero attached hydrogens (tertiary/aromatic N) is 1. The summed E-state index contributed by atoms with van der Waals surface area (Å²) in [5.41, 5.74) is 5.49. The Labute approximate surface area is 98.1 Å². The van der Waals surface area contributed by atoms with Crippen molar-refractivity contribution < 1.29 is 4.58 Å². The molecule has 0 aliphatic carbocycles. The molecule has 1 aliphatic heterocycles. The average Bonchev–Trinajstić information content (AvgIpc) is 2.46. The fourth-order valence-electron chi connectivity index (χ4n) is 2.70. The summed E-state index contributed by atoms with van der Waals surface area (Å²) < 4.78 is 2.36. The zero-order valence-corrected chi connectivity index (χ0v) is 10.7. The van der Waals surface area contributed by atoms with E-state index in [2.05, 4.69) is 57.0 Å². The molecule has 1 nitrogen and oxygen atoms in total. The van der Waals surface area contributed by atoms with Gasteiger partial charge >= 0.3 is 0 Å². The van der Waals surface area contributed by atoms with Crippen LogP contribution in [0.2, 0.25) is 0 Å². The maximum absolute atomic E-state index is 3.96. The van der Waals surface area contributed by atoms with Crippen molar-refractivity contribution in [2.24, 2.45) is 0 Å². The first-order chi connectivity index (χ1) is 7.52. The Morgan fingerprint density at radius 1 is 1.38 bits per heavy atom. The Bertz CT molecular complexity index is 478. The Hall–Kier alpha value is -1.37. The molecule has 0 aromatic heterocycles. The van der Waals surface area contributed by atoms with Gasteiger partial charge in [-0.2, -0.15) is 4.58 Å². The van der Waals surface area contributed by atoms with Gasteiger partial charge < -0.3 is 0 Å². The summed E-state index contributed by atoms with van der Waals surface area (Å²) in [5.74, 6) is 0. The second-order valence-electron chi connectivity index (χ2n) is 4.98. The Kier molecular flexibility index (Phi) is 2.49. The molecule has 0 atom stereocenters. The number of aryl methyl sites for hydroxylation is 1. The summed E-state index contributed by atoms with van der Waals surface area (Å²) >= 11 is 0. The third-order valence-corrected chi connectivity index (χ3v) is 3.56. The van der Waals surface area contributed by atoms with Crippen LogP contribution in [0, 0.1) is 6.92 Å². The fourth-order valence-corrected chi connectivity index (χ4v) is 2.70. The smallest absolute Gasteiger partial charge is 0.195 e. The molecule has 0 saturated heterocycles. The van der Waals surface area contributed by atoms with E-state index in [-0.39, 0.29) is 5.41 Å². The Balaban J connectivity index is 2.74. The lowest BCUT2D eigenvalue weighted by Gasteiger charge is -2.15. The first-order valence-electron chi connectivity index (χ1n) is 5.91. The molecule has 1 aromatic rings. The summed E-state index contributed by atoms with van der Waals surface area (Å²) in [5, 5.41) is 0. The zero-order valence-electron chi connectivity index (χ0n) is 10.7. The van der Waals surface area contributed by atoms with Crippen molar-refractivity contribution in [2.45, 2.75) is 33.1 Å². The van der Waals surface area contributed by atoms with Gasteiger partial charge in [0.25, 0.3) is 0 Å². The minimum atomic E-state index is 0.0825. The van der Waals surface area contributed by atoms with Crippen molar-refractivity contribution >= 4 is 11.4 Å². The summed E-state index contributed by atoms with van der Waals surface area (Å²) in [6, 6.07) is 6.71. The van der Waals surface area contributed by atoms with E-state index < -0.39 is 0 Å². The number of benzene rings is 1. The predicted octanol–water partition coefficient (Wildman–Crippen LogP) is 3.58. The monoisotopic (exact) mass is 214 g/mol. The molecule has 84 valence electrons. The molecule has 0 bridgehead atoms. The molecule has 0 N–H and O–H groups in total. The zero-order chi connectivity index (χ0) is 11.9. The number of fused-ring (bicyclic) bond motifs is 1. The largest absolute Gasteiger partial charge is 0.209 e. The van der Waals surface area contributed by atoms with Crippen molar-refractivity contribution in [1.82, 2.24) is 0 Å². The van der Waals surface area contributed by atoms with E-state index in [1.165, 1.54) is 22.5 Å². The van der Waals surface area contributed by atoms with Crippen molar-refractivity contribution in [3.63, 3.8) is 0 Å². The van der Waals surface area contributed by atoms with Gasteiger partial charge in [-0.1, -0.05) is 18.2 Å². The number of hydrogen-bond donors (Lipinski definition) is 0. The highest BCUT2D eigenvalue weighted by Crippen LogP contribution is 2.40. The van der Waals surface area contributed by atoms with Gasteiger partial charge in [0.2, 0.25) is 5.69 Å². The van der Waals surface area contributed by atoms with Gasteiger partial charge in [-0.05, 0) is 39.8 Å². The molecule has 0 spiro atoms. The molecule has 0 amide bonds. The number of hydrogen-bond acceptors (Lipinski definition) is 0.